The van der Waals surface area contributed by atoms with Crippen molar-refractivity contribution in [3.63, 3.8) is 0 Å². The normalized spacial score (nSPS) is 11.8. The molecule has 0 aliphatic rings. The van der Waals surface area contributed by atoms with Crippen LogP contribution in [0.4, 0.5) is 17.1 Å². The quantitative estimate of drug-likeness (QED) is 0.218. The van der Waals surface area contributed by atoms with Crippen LogP contribution >= 0.6 is 0 Å². The molecule has 2 aromatic heterocycles. The second-order valence-corrected chi connectivity index (χ2v) is 11.0. The molecule has 0 atom stereocenters. The molecule has 42 heavy (non-hydrogen) atoms. The van der Waals surface area contributed by atoms with E-state index in [-0.39, 0.29) is 0 Å². The third-order valence-electron chi connectivity index (χ3n) is 8.69. The van der Waals surface area contributed by atoms with Gasteiger partial charge in [-0.1, -0.05) is 115 Å². The van der Waals surface area contributed by atoms with Gasteiger partial charge in [-0.2, -0.15) is 0 Å². The van der Waals surface area contributed by atoms with Crippen LogP contribution in [0.5, 0.6) is 0 Å². The Labute approximate surface area is 243 Å². The summed E-state index contributed by atoms with van der Waals surface area (Å²) in [6, 6.07) is 57.2. The number of fused-ring (bicyclic) bond motifs is 7. The Morgan fingerprint density at radius 2 is 0.952 bits per heavy atom. The van der Waals surface area contributed by atoms with Crippen LogP contribution in [0.3, 0.4) is 0 Å². The minimum Gasteiger partial charge on any atom is -0.310 e. The molecular formula is C40H26N2. The molecule has 2 heterocycles. The Balaban J connectivity index is 1.29. The van der Waals surface area contributed by atoms with E-state index in [4.69, 9.17) is 0 Å². The van der Waals surface area contributed by atoms with Crippen LogP contribution in [0, 0.1) is 0 Å². The highest BCUT2D eigenvalue weighted by molar-refractivity contribution is 6.23. The van der Waals surface area contributed by atoms with Gasteiger partial charge in [0.1, 0.15) is 0 Å². The van der Waals surface area contributed by atoms with Crippen molar-refractivity contribution < 1.29 is 0 Å². The van der Waals surface area contributed by atoms with Gasteiger partial charge in [0.05, 0.1) is 16.6 Å². The molecule has 0 bridgehead atoms. The van der Waals surface area contributed by atoms with Crippen molar-refractivity contribution in [1.29, 1.82) is 0 Å². The summed E-state index contributed by atoms with van der Waals surface area (Å²) in [4.78, 5) is 2.38. The average Bonchev–Trinajstić information content (AvgIpc) is 3.58. The van der Waals surface area contributed by atoms with Gasteiger partial charge in [0, 0.05) is 38.6 Å². The molecule has 9 aromatic rings. The van der Waals surface area contributed by atoms with Gasteiger partial charge in [0.2, 0.25) is 0 Å². The first-order chi connectivity index (χ1) is 20.8. The summed E-state index contributed by atoms with van der Waals surface area (Å²) in [5.74, 6) is 0. The van der Waals surface area contributed by atoms with Crippen LogP contribution in [0.1, 0.15) is 0 Å². The van der Waals surface area contributed by atoms with Crippen molar-refractivity contribution in [2.75, 3.05) is 4.90 Å². The van der Waals surface area contributed by atoms with Crippen LogP contribution in [0.25, 0.3) is 60.0 Å². The predicted molar refractivity (Wildman–Crippen MR) is 179 cm³/mol. The molecule has 0 saturated heterocycles. The molecule has 9 rings (SSSR count). The molecule has 0 unspecified atom stereocenters. The lowest BCUT2D eigenvalue weighted by atomic mass is 10.0. The Kier molecular flexibility index (Phi) is 4.93. The van der Waals surface area contributed by atoms with Crippen LogP contribution in [0.2, 0.25) is 0 Å². The van der Waals surface area contributed by atoms with E-state index in [0.717, 1.165) is 17.1 Å². The molecule has 0 N–H and O–H groups in total. The van der Waals surface area contributed by atoms with Gasteiger partial charge in [0.15, 0.2) is 0 Å². The Morgan fingerprint density at radius 3 is 1.79 bits per heavy atom. The number of aromatic nitrogens is 1. The Bertz CT molecular complexity index is 2400. The summed E-state index contributed by atoms with van der Waals surface area (Å²) in [7, 11) is 0. The molecule has 196 valence electrons. The number of benzene rings is 7. The van der Waals surface area contributed by atoms with E-state index in [1.807, 2.05) is 0 Å². The van der Waals surface area contributed by atoms with Crippen molar-refractivity contribution in [3.8, 4) is 11.1 Å². The van der Waals surface area contributed by atoms with E-state index >= 15 is 0 Å². The van der Waals surface area contributed by atoms with E-state index in [9.17, 15) is 0 Å². The summed E-state index contributed by atoms with van der Waals surface area (Å²) >= 11 is 0. The highest BCUT2D eigenvalue weighted by atomic mass is 15.1. The largest absolute Gasteiger partial charge is 0.310 e. The van der Waals surface area contributed by atoms with Gasteiger partial charge in [-0.05, 0) is 64.4 Å². The van der Waals surface area contributed by atoms with Gasteiger partial charge >= 0.3 is 0 Å². The Hall–Kier alpha value is -5.60. The zero-order chi connectivity index (χ0) is 27.6. The lowest BCUT2D eigenvalue weighted by Gasteiger charge is -2.26. The molecule has 0 spiro atoms. The van der Waals surface area contributed by atoms with Crippen molar-refractivity contribution in [1.82, 2.24) is 4.40 Å². The number of rotatable bonds is 4. The molecule has 0 radical (unpaired) electrons. The van der Waals surface area contributed by atoms with E-state index in [0.29, 0.717) is 0 Å². The molecule has 2 nitrogen and oxygen atoms in total. The monoisotopic (exact) mass is 534 g/mol. The third-order valence-corrected chi connectivity index (χ3v) is 8.69. The Morgan fingerprint density at radius 1 is 0.357 bits per heavy atom. The zero-order valence-corrected chi connectivity index (χ0v) is 22.9. The number of hydrogen-bond acceptors (Lipinski definition) is 1. The fourth-order valence-corrected chi connectivity index (χ4v) is 6.75. The smallest absolute Gasteiger partial charge is 0.0620 e. The van der Waals surface area contributed by atoms with Crippen molar-refractivity contribution in [3.05, 3.63) is 158 Å². The second-order valence-electron chi connectivity index (χ2n) is 11.0. The maximum atomic E-state index is 2.45. The first kappa shape index (κ1) is 23.1. The summed E-state index contributed by atoms with van der Waals surface area (Å²) in [6.07, 6.45) is 0. The van der Waals surface area contributed by atoms with Crippen LogP contribution in [-0.2, 0) is 0 Å². The lowest BCUT2D eigenvalue weighted by Crippen LogP contribution is -2.10. The van der Waals surface area contributed by atoms with Crippen LogP contribution in [-0.4, -0.2) is 4.40 Å². The molecule has 0 saturated carbocycles. The fourth-order valence-electron chi connectivity index (χ4n) is 6.75. The SMILES string of the molecule is c1ccc(-c2ccc(N(c3ccc4ccccc4c3)c3ccc4c5cccc6c7ccccc7n(c4c3)c65)cc2)cc1. The van der Waals surface area contributed by atoms with Crippen LogP contribution < -0.4 is 4.90 Å². The minimum absolute atomic E-state index is 1.13. The lowest BCUT2D eigenvalue weighted by molar-refractivity contribution is 1.28. The summed E-state index contributed by atoms with van der Waals surface area (Å²) < 4.78 is 2.45. The molecule has 0 amide bonds. The van der Waals surface area contributed by atoms with Gasteiger partial charge in [-0.25, -0.2) is 0 Å². The topological polar surface area (TPSA) is 7.65 Å². The van der Waals surface area contributed by atoms with E-state index in [1.165, 1.54) is 60.0 Å². The summed E-state index contributed by atoms with van der Waals surface area (Å²) in [6.45, 7) is 0. The molecule has 0 aliphatic carbocycles. The minimum atomic E-state index is 1.13. The standard InChI is InChI=1S/C40H26N2/c1-2-9-27(10-3-1)29-17-20-31(21-18-29)41(32-22-19-28-11-4-5-12-30(28)25-32)33-23-24-35-37-15-8-14-36-34-13-6-7-16-38(34)42(40(36)37)39(35)26-33/h1-26H. The van der Waals surface area contributed by atoms with Crippen molar-refractivity contribution in [2.24, 2.45) is 0 Å². The van der Waals surface area contributed by atoms with E-state index < -0.39 is 0 Å². The number of nitrogens with zero attached hydrogens (tertiary/aromatic N) is 2. The number of hydrogen-bond donors (Lipinski definition) is 0. The molecular weight excluding hydrogens is 508 g/mol. The van der Waals surface area contributed by atoms with Crippen molar-refractivity contribution >= 4 is 65.9 Å². The second kappa shape index (κ2) is 8.95. The molecule has 7 aromatic carbocycles. The maximum Gasteiger partial charge on any atom is 0.0620 e. The summed E-state index contributed by atoms with van der Waals surface area (Å²) in [5, 5.41) is 7.66. The van der Waals surface area contributed by atoms with Gasteiger partial charge in [-0.15, -0.1) is 0 Å². The van der Waals surface area contributed by atoms with Crippen molar-refractivity contribution in [2.45, 2.75) is 0 Å². The summed E-state index contributed by atoms with van der Waals surface area (Å²) in [5.41, 5.74) is 9.61. The molecule has 2 heteroatoms. The highest BCUT2D eigenvalue weighted by Gasteiger charge is 2.19. The number of anilines is 3. The first-order valence-corrected chi connectivity index (χ1v) is 14.4. The fraction of sp³-hybridized carbons (Fsp3) is 0. The highest BCUT2D eigenvalue weighted by Crippen LogP contribution is 2.43. The van der Waals surface area contributed by atoms with Gasteiger partial charge in [0.25, 0.3) is 0 Å². The first-order valence-electron chi connectivity index (χ1n) is 14.4. The third kappa shape index (κ3) is 3.39. The molecule has 0 aliphatic heterocycles. The zero-order valence-electron chi connectivity index (χ0n) is 22.9. The maximum absolute atomic E-state index is 2.45. The van der Waals surface area contributed by atoms with E-state index in [2.05, 4.69) is 167 Å². The molecule has 0 fully saturated rings. The predicted octanol–water partition coefficient (Wildman–Crippen LogP) is 11.1. The van der Waals surface area contributed by atoms with Gasteiger partial charge < -0.3 is 9.30 Å². The average molecular weight is 535 g/mol. The van der Waals surface area contributed by atoms with Crippen LogP contribution in [0.15, 0.2) is 158 Å². The van der Waals surface area contributed by atoms with Gasteiger partial charge in [-0.3, -0.25) is 0 Å². The number of para-hydroxylation sites is 2. The van der Waals surface area contributed by atoms with E-state index in [1.54, 1.807) is 0 Å².